The molecule has 2 aromatic rings. The van der Waals surface area contributed by atoms with Crippen molar-refractivity contribution >= 4 is 39.3 Å². The Morgan fingerprint density at radius 3 is 2.37 bits per heavy atom. The highest BCUT2D eigenvalue weighted by atomic mass is 79.9. The molecule has 2 rings (SSSR count). The van der Waals surface area contributed by atoms with Crippen molar-refractivity contribution in [3.63, 3.8) is 0 Å². The fourth-order valence-electron chi connectivity index (χ4n) is 2.73. The van der Waals surface area contributed by atoms with Crippen molar-refractivity contribution in [3.8, 4) is 11.5 Å². The number of carbonyl (C=O) groups is 2. The third-order valence-electron chi connectivity index (χ3n) is 4.36. The van der Waals surface area contributed by atoms with Gasteiger partial charge in [-0.2, -0.15) is 0 Å². The minimum atomic E-state index is -0.667. The molecule has 0 aromatic heterocycles. The number of hydrogen-bond donors (Lipinski definition) is 1. The van der Waals surface area contributed by atoms with Gasteiger partial charge in [-0.05, 0) is 72.6 Å². The zero-order valence-corrected chi connectivity index (χ0v) is 19.8. The highest BCUT2D eigenvalue weighted by Crippen LogP contribution is 2.28. The maximum absolute atomic E-state index is 13.0. The summed E-state index contributed by atoms with van der Waals surface area (Å²) in [6, 6.07) is 11.7. The van der Waals surface area contributed by atoms with Crippen LogP contribution in [0.25, 0.3) is 0 Å². The molecule has 0 heterocycles. The van der Waals surface area contributed by atoms with Gasteiger partial charge in [0, 0.05) is 17.6 Å². The lowest BCUT2D eigenvalue weighted by molar-refractivity contribution is -0.142. The number of nitrogens with zero attached hydrogens (tertiary/aromatic N) is 1. The Morgan fingerprint density at radius 2 is 1.80 bits per heavy atom. The van der Waals surface area contributed by atoms with E-state index in [2.05, 4.69) is 21.2 Å². The first-order chi connectivity index (χ1) is 14.2. The van der Waals surface area contributed by atoms with E-state index in [0.29, 0.717) is 15.2 Å². The number of benzene rings is 2. The predicted octanol–water partition coefficient (Wildman–Crippen LogP) is 4.43. The lowest BCUT2D eigenvalue weighted by Crippen LogP contribution is -2.50. The third-order valence-corrected chi connectivity index (χ3v) is 5.21. The Balaban J connectivity index is 2.17. The van der Waals surface area contributed by atoms with Gasteiger partial charge in [0.1, 0.15) is 17.5 Å². The van der Waals surface area contributed by atoms with Gasteiger partial charge in [-0.15, -0.1) is 0 Å². The molecule has 6 nitrogen and oxygen atoms in total. The number of amides is 2. The lowest BCUT2D eigenvalue weighted by Gasteiger charge is -2.29. The summed E-state index contributed by atoms with van der Waals surface area (Å²) in [5, 5.41) is 3.41. The molecule has 0 aliphatic heterocycles. The molecule has 0 fully saturated rings. The van der Waals surface area contributed by atoms with Crippen molar-refractivity contribution in [1.29, 1.82) is 0 Å². The van der Waals surface area contributed by atoms with Gasteiger partial charge < -0.3 is 19.7 Å². The second-order valence-corrected chi connectivity index (χ2v) is 8.36. The molecule has 0 saturated carbocycles. The topological polar surface area (TPSA) is 67.9 Å². The van der Waals surface area contributed by atoms with E-state index < -0.39 is 6.04 Å². The predicted molar refractivity (Wildman–Crippen MR) is 121 cm³/mol. The van der Waals surface area contributed by atoms with Gasteiger partial charge in [-0.25, -0.2) is 0 Å². The van der Waals surface area contributed by atoms with Crippen LogP contribution in [0.2, 0.25) is 5.02 Å². The number of hydrogen-bond acceptors (Lipinski definition) is 4. The fourth-order valence-corrected chi connectivity index (χ4v) is 3.53. The summed E-state index contributed by atoms with van der Waals surface area (Å²) >= 11 is 9.32. The Morgan fingerprint density at radius 1 is 1.13 bits per heavy atom. The lowest BCUT2D eigenvalue weighted by atomic mass is 10.1. The molecule has 162 valence electrons. The van der Waals surface area contributed by atoms with E-state index in [1.807, 2.05) is 38.1 Å². The van der Waals surface area contributed by atoms with Crippen LogP contribution in [0.3, 0.4) is 0 Å². The second-order valence-electron chi connectivity index (χ2n) is 7.07. The first-order valence-electron chi connectivity index (χ1n) is 9.52. The molecule has 1 atom stereocenters. The summed E-state index contributed by atoms with van der Waals surface area (Å²) in [4.78, 5) is 27.1. The van der Waals surface area contributed by atoms with E-state index in [1.54, 1.807) is 32.2 Å². The molecule has 0 aliphatic rings. The smallest absolute Gasteiger partial charge is 0.261 e. The molecule has 0 radical (unpaired) electrons. The van der Waals surface area contributed by atoms with E-state index in [9.17, 15) is 9.59 Å². The van der Waals surface area contributed by atoms with Crippen LogP contribution >= 0.6 is 27.5 Å². The van der Waals surface area contributed by atoms with Crippen LogP contribution in [0.4, 0.5) is 0 Å². The molecular weight excluding hydrogens is 472 g/mol. The van der Waals surface area contributed by atoms with Crippen molar-refractivity contribution in [2.24, 2.45) is 0 Å². The average molecular weight is 498 g/mol. The molecule has 0 saturated heterocycles. The first kappa shape index (κ1) is 24.0. The fraction of sp³-hybridized carbons (Fsp3) is 0.364. The van der Waals surface area contributed by atoms with Crippen molar-refractivity contribution < 1.29 is 19.1 Å². The minimum absolute atomic E-state index is 0.0286. The highest BCUT2D eigenvalue weighted by Gasteiger charge is 2.27. The summed E-state index contributed by atoms with van der Waals surface area (Å²) in [6.45, 7) is 5.51. The number of nitrogens with one attached hydrogen (secondary N) is 1. The van der Waals surface area contributed by atoms with Crippen molar-refractivity contribution in [2.75, 3.05) is 13.7 Å². The van der Waals surface area contributed by atoms with Crippen LogP contribution in [-0.4, -0.2) is 42.5 Å². The van der Waals surface area contributed by atoms with E-state index in [1.165, 1.54) is 4.90 Å². The Hall–Kier alpha value is -2.25. The van der Waals surface area contributed by atoms with E-state index in [4.69, 9.17) is 21.1 Å². The maximum Gasteiger partial charge on any atom is 0.261 e. The van der Waals surface area contributed by atoms with E-state index in [0.717, 1.165) is 11.3 Å². The van der Waals surface area contributed by atoms with Gasteiger partial charge in [0.15, 0.2) is 6.61 Å². The summed E-state index contributed by atoms with van der Waals surface area (Å²) < 4.78 is 11.5. The highest BCUT2D eigenvalue weighted by molar-refractivity contribution is 9.10. The van der Waals surface area contributed by atoms with Crippen molar-refractivity contribution in [3.05, 3.63) is 57.5 Å². The number of halogens is 2. The van der Waals surface area contributed by atoms with Gasteiger partial charge >= 0.3 is 0 Å². The summed E-state index contributed by atoms with van der Waals surface area (Å²) in [5.41, 5.74) is 0.876. The van der Waals surface area contributed by atoms with E-state index >= 15 is 0 Å². The maximum atomic E-state index is 13.0. The Bertz CT molecular complexity index is 874. The number of rotatable bonds is 9. The Kier molecular flexibility index (Phi) is 8.99. The van der Waals surface area contributed by atoms with Gasteiger partial charge in [0.25, 0.3) is 5.91 Å². The molecule has 1 N–H and O–H groups in total. The minimum Gasteiger partial charge on any atom is -0.497 e. The average Bonchev–Trinajstić information content (AvgIpc) is 2.70. The SMILES string of the molecule is COc1ccc(CN(C(=O)COc2ccc(Cl)cc2Br)C(C)C(=O)NC(C)C)cc1. The summed E-state index contributed by atoms with van der Waals surface area (Å²) in [5.74, 6) is 0.688. The zero-order chi connectivity index (χ0) is 22.3. The van der Waals surface area contributed by atoms with E-state index in [-0.39, 0.29) is 31.0 Å². The van der Waals surface area contributed by atoms with Crippen molar-refractivity contribution in [1.82, 2.24) is 10.2 Å². The number of methoxy groups -OCH3 is 1. The van der Waals surface area contributed by atoms with Crippen molar-refractivity contribution in [2.45, 2.75) is 39.4 Å². The van der Waals surface area contributed by atoms with Gasteiger partial charge in [-0.1, -0.05) is 23.7 Å². The second kappa shape index (κ2) is 11.2. The van der Waals surface area contributed by atoms with Crippen LogP contribution in [-0.2, 0) is 16.1 Å². The zero-order valence-electron chi connectivity index (χ0n) is 17.4. The van der Waals surface area contributed by atoms with Gasteiger partial charge in [-0.3, -0.25) is 9.59 Å². The van der Waals surface area contributed by atoms with Gasteiger partial charge in [0.2, 0.25) is 5.91 Å². The standard InChI is InChI=1S/C22H26BrClN2O4/c1-14(2)25-22(28)15(3)26(12-16-5-8-18(29-4)9-6-16)21(27)13-30-20-10-7-17(24)11-19(20)23/h5-11,14-15H,12-13H2,1-4H3,(H,25,28). The quantitative estimate of drug-likeness (QED) is 0.556. The molecule has 2 aromatic carbocycles. The monoisotopic (exact) mass is 496 g/mol. The molecule has 0 bridgehead atoms. The number of ether oxygens (including phenoxy) is 2. The molecular formula is C22H26BrClN2O4. The van der Waals surface area contributed by atoms with Crippen LogP contribution in [0, 0.1) is 0 Å². The summed E-state index contributed by atoms with van der Waals surface area (Å²) in [6.07, 6.45) is 0. The largest absolute Gasteiger partial charge is 0.497 e. The van der Waals surface area contributed by atoms with Crippen LogP contribution in [0.5, 0.6) is 11.5 Å². The third kappa shape index (κ3) is 6.92. The molecule has 0 spiro atoms. The van der Waals surface area contributed by atoms with Crippen LogP contribution in [0.1, 0.15) is 26.3 Å². The summed E-state index contributed by atoms with van der Waals surface area (Å²) in [7, 11) is 1.59. The Labute approximate surface area is 190 Å². The molecule has 30 heavy (non-hydrogen) atoms. The molecule has 0 aliphatic carbocycles. The van der Waals surface area contributed by atoms with Gasteiger partial charge in [0.05, 0.1) is 11.6 Å². The van der Waals surface area contributed by atoms with Crippen LogP contribution < -0.4 is 14.8 Å². The molecule has 2 amide bonds. The number of carbonyl (C=O) groups excluding carboxylic acids is 2. The molecule has 8 heteroatoms. The first-order valence-corrected chi connectivity index (χ1v) is 10.7. The molecule has 1 unspecified atom stereocenters. The van der Waals surface area contributed by atoms with Crippen LogP contribution in [0.15, 0.2) is 46.9 Å². The normalized spacial score (nSPS) is 11.7.